The van der Waals surface area contributed by atoms with Crippen LogP contribution in [0.2, 0.25) is 0 Å². The summed E-state index contributed by atoms with van der Waals surface area (Å²) < 4.78 is 10.9. The van der Waals surface area contributed by atoms with Gasteiger partial charge in [-0.3, -0.25) is 4.99 Å². The van der Waals surface area contributed by atoms with Gasteiger partial charge in [-0.1, -0.05) is 0 Å². The number of nitrogens with zero attached hydrogens (tertiary/aromatic N) is 3. The van der Waals surface area contributed by atoms with Crippen LogP contribution < -0.4 is 5.32 Å². The molecule has 1 aromatic rings. The maximum atomic E-state index is 12.3. The van der Waals surface area contributed by atoms with Gasteiger partial charge in [-0.15, -0.1) is 24.0 Å². The van der Waals surface area contributed by atoms with Crippen molar-refractivity contribution in [3.8, 4) is 0 Å². The van der Waals surface area contributed by atoms with Crippen molar-refractivity contribution < 1.29 is 13.9 Å². The number of amides is 1. The Morgan fingerprint density at radius 2 is 2.07 bits per heavy atom. The average Bonchev–Trinajstić information content (AvgIpc) is 3.13. The number of carbonyl (C=O) groups excluding carboxylic acids is 1. The summed E-state index contributed by atoms with van der Waals surface area (Å²) in [6.45, 7) is 11.6. The SMILES string of the molecule is CCN(CC1CCN(C(=NC)NCc2ccco2)CC1)C(=O)OC(C)(C)C.I. The molecule has 1 aliphatic rings. The van der Waals surface area contributed by atoms with E-state index in [1.807, 2.05) is 44.7 Å². The van der Waals surface area contributed by atoms with Crippen LogP contribution in [-0.4, -0.2) is 60.7 Å². The van der Waals surface area contributed by atoms with Crippen molar-refractivity contribution in [1.82, 2.24) is 15.1 Å². The number of halogens is 1. The number of rotatable bonds is 5. The maximum Gasteiger partial charge on any atom is 0.410 e. The van der Waals surface area contributed by atoms with Crippen LogP contribution in [0.5, 0.6) is 0 Å². The standard InChI is InChI=1S/C20H34N4O3.HI/c1-6-23(19(25)27-20(2,3)4)15-16-9-11-24(12-10-16)18(21-5)22-14-17-8-7-13-26-17;/h7-8,13,16H,6,9-12,14-15H2,1-5H3,(H,21,22);1H. The Morgan fingerprint density at radius 1 is 1.39 bits per heavy atom. The third kappa shape index (κ3) is 7.89. The zero-order valence-corrected chi connectivity index (χ0v) is 20.1. The minimum Gasteiger partial charge on any atom is -0.467 e. The Labute approximate surface area is 185 Å². The summed E-state index contributed by atoms with van der Waals surface area (Å²) in [6, 6.07) is 3.83. The molecule has 1 N–H and O–H groups in total. The summed E-state index contributed by atoms with van der Waals surface area (Å²) in [5, 5.41) is 3.35. The van der Waals surface area contributed by atoms with E-state index in [1.165, 1.54) is 0 Å². The van der Waals surface area contributed by atoms with E-state index in [1.54, 1.807) is 13.3 Å². The lowest BCUT2D eigenvalue weighted by Crippen LogP contribution is -2.47. The minimum atomic E-state index is -0.458. The zero-order valence-electron chi connectivity index (χ0n) is 17.7. The van der Waals surface area contributed by atoms with Crippen LogP contribution in [0.4, 0.5) is 4.79 Å². The van der Waals surface area contributed by atoms with Crippen molar-refractivity contribution in [1.29, 1.82) is 0 Å². The third-order valence-electron chi connectivity index (χ3n) is 4.64. The number of hydrogen-bond donors (Lipinski definition) is 1. The van der Waals surface area contributed by atoms with Crippen molar-refractivity contribution in [3.63, 3.8) is 0 Å². The molecule has 0 bridgehead atoms. The topological polar surface area (TPSA) is 70.3 Å². The Hall–Kier alpha value is -1.45. The molecule has 0 aromatic carbocycles. The molecule has 0 unspecified atom stereocenters. The third-order valence-corrected chi connectivity index (χ3v) is 4.64. The molecule has 0 spiro atoms. The Kier molecular flexibility index (Phi) is 10.1. The summed E-state index contributed by atoms with van der Waals surface area (Å²) in [6.07, 6.45) is 3.51. The average molecular weight is 506 g/mol. The largest absolute Gasteiger partial charge is 0.467 e. The molecule has 0 saturated carbocycles. The summed E-state index contributed by atoms with van der Waals surface area (Å²) in [7, 11) is 1.80. The Bertz CT molecular complexity index is 605. The van der Waals surface area contributed by atoms with E-state index in [-0.39, 0.29) is 30.1 Å². The van der Waals surface area contributed by atoms with Crippen molar-refractivity contribution in [2.24, 2.45) is 10.9 Å². The van der Waals surface area contributed by atoms with E-state index in [0.717, 1.165) is 44.2 Å². The first-order valence-electron chi connectivity index (χ1n) is 9.78. The lowest BCUT2D eigenvalue weighted by atomic mass is 9.96. The van der Waals surface area contributed by atoms with Crippen molar-refractivity contribution in [3.05, 3.63) is 24.2 Å². The number of aliphatic imine (C=N–C) groups is 1. The normalized spacial score (nSPS) is 15.8. The molecule has 2 heterocycles. The van der Waals surface area contributed by atoms with Gasteiger partial charge in [0, 0.05) is 33.2 Å². The van der Waals surface area contributed by atoms with Crippen LogP contribution >= 0.6 is 24.0 Å². The highest BCUT2D eigenvalue weighted by molar-refractivity contribution is 14.0. The van der Waals surface area contributed by atoms with Gasteiger partial charge in [-0.2, -0.15) is 0 Å². The molecule has 1 amide bonds. The number of ether oxygens (including phenoxy) is 1. The predicted molar refractivity (Wildman–Crippen MR) is 122 cm³/mol. The molecule has 8 heteroatoms. The number of likely N-dealkylation sites (tertiary alicyclic amines) is 1. The Morgan fingerprint density at radius 3 is 2.57 bits per heavy atom. The molecule has 7 nitrogen and oxygen atoms in total. The van der Waals surface area contributed by atoms with Gasteiger partial charge in [-0.05, 0) is 58.6 Å². The van der Waals surface area contributed by atoms with Gasteiger partial charge in [0.15, 0.2) is 5.96 Å². The fourth-order valence-electron chi connectivity index (χ4n) is 3.21. The first-order chi connectivity index (χ1) is 12.8. The van der Waals surface area contributed by atoms with Crippen LogP contribution in [0.1, 0.15) is 46.3 Å². The summed E-state index contributed by atoms with van der Waals surface area (Å²) in [4.78, 5) is 20.8. The highest BCUT2D eigenvalue weighted by atomic mass is 127. The van der Waals surface area contributed by atoms with Gasteiger partial charge in [0.25, 0.3) is 0 Å². The van der Waals surface area contributed by atoms with E-state index >= 15 is 0 Å². The molecule has 28 heavy (non-hydrogen) atoms. The predicted octanol–water partition coefficient (Wildman–Crippen LogP) is 3.94. The molecule has 0 radical (unpaired) electrons. The summed E-state index contributed by atoms with van der Waals surface area (Å²) in [5.74, 6) is 2.27. The van der Waals surface area contributed by atoms with Crippen LogP contribution in [0.3, 0.4) is 0 Å². The molecule has 2 rings (SSSR count). The highest BCUT2D eigenvalue weighted by Gasteiger charge is 2.27. The molecule has 1 fully saturated rings. The van der Waals surface area contributed by atoms with Gasteiger partial charge < -0.3 is 24.3 Å². The second kappa shape index (κ2) is 11.5. The highest BCUT2D eigenvalue weighted by Crippen LogP contribution is 2.20. The van der Waals surface area contributed by atoms with Gasteiger partial charge in [-0.25, -0.2) is 4.79 Å². The first kappa shape index (κ1) is 24.6. The summed E-state index contributed by atoms with van der Waals surface area (Å²) in [5.41, 5.74) is -0.458. The van der Waals surface area contributed by atoms with E-state index in [0.29, 0.717) is 19.0 Å². The number of furan rings is 1. The van der Waals surface area contributed by atoms with Gasteiger partial charge in [0.1, 0.15) is 11.4 Å². The second-order valence-electron chi connectivity index (χ2n) is 7.93. The fourth-order valence-corrected chi connectivity index (χ4v) is 3.21. The van der Waals surface area contributed by atoms with Crippen LogP contribution in [-0.2, 0) is 11.3 Å². The van der Waals surface area contributed by atoms with Crippen molar-refractivity contribution in [2.75, 3.05) is 33.2 Å². The maximum absolute atomic E-state index is 12.3. The molecule has 1 aliphatic heterocycles. The van der Waals surface area contributed by atoms with E-state index in [9.17, 15) is 4.79 Å². The van der Waals surface area contributed by atoms with Crippen LogP contribution in [0.25, 0.3) is 0 Å². The smallest absolute Gasteiger partial charge is 0.410 e. The molecule has 1 aromatic heterocycles. The lowest BCUT2D eigenvalue weighted by molar-refractivity contribution is 0.0214. The van der Waals surface area contributed by atoms with Crippen molar-refractivity contribution >= 4 is 36.0 Å². The number of hydrogen-bond acceptors (Lipinski definition) is 4. The summed E-state index contributed by atoms with van der Waals surface area (Å²) >= 11 is 0. The van der Waals surface area contributed by atoms with E-state index in [4.69, 9.17) is 9.15 Å². The molecular formula is C20H35IN4O3. The number of nitrogens with one attached hydrogen (secondary N) is 1. The van der Waals surface area contributed by atoms with E-state index in [2.05, 4.69) is 15.2 Å². The number of carbonyl (C=O) groups is 1. The molecule has 160 valence electrons. The monoisotopic (exact) mass is 506 g/mol. The van der Waals surface area contributed by atoms with Crippen molar-refractivity contribution in [2.45, 2.75) is 52.7 Å². The zero-order chi connectivity index (χ0) is 19.9. The van der Waals surface area contributed by atoms with Crippen LogP contribution in [0, 0.1) is 5.92 Å². The Balaban J connectivity index is 0.00000392. The number of piperidine rings is 1. The number of guanidine groups is 1. The van der Waals surface area contributed by atoms with Gasteiger partial charge in [0.2, 0.25) is 0 Å². The first-order valence-corrected chi connectivity index (χ1v) is 9.78. The molecule has 1 saturated heterocycles. The van der Waals surface area contributed by atoms with Gasteiger partial charge in [0.05, 0.1) is 12.8 Å². The van der Waals surface area contributed by atoms with Gasteiger partial charge >= 0.3 is 6.09 Å². The molecule has 0 atom stereocenters. The fraction of sp³-hybridized carbons (Fsp3) is 0.700. The van der Waals surface area contributed by atoms with E-state index < -0.39 is 5.60 Å². The molecule has 0 aliphatic carbocycles. The minimum absolute atomic E-state index is 0. The van der Waals surface area contributed by atoms with Crippen LogP contribution in [0.15, 0.2) is 27.8 Å². The lowest BCUT2D eigenvalue weighted by Gasteiger charge is -2.36. The second-order valence-corrected chi connectivity index (χ2v) is 7.93. The quantitative estimate of drug-likeness (QED) is 0.372. The molecular weight excluding hydrogens is 471 g/mol.